The maximum Gasteiger partial charge on any atom is 0.274 e. The van der Waals surface area contributed by atoms with Crippen molar-refractivity contribution in [1.29, 1.82) is 0 Å². The van der Waals surface area contributed by atoms with Gasteiger partial charge in [0.15, 0.2) is 5.69 Å². The standard InChI is InChI=1S/C24H25FN4O2/c25-20-9-5-10-21(18-20)29-13-12-22(26-29)24(31)28-16-14-27(15-17-28)23(30)11-4-8-19-6-2-1-3-7-19/h1-3,5-7,9-10,12-13,18H,4,8,11,14-17H2. The van der Waals surface area contributed by atoms with Gasteiger partial charge in [-0.1, -0.05) is 36.4 Å². The highest BCUT2D eigenvalue weighted by Gasteiger charge is 2.25. The van der Waals surface area contributed by atoms with E-state index in [9.17, 15) is 14.0 Å². The minimum Gasteiger partial charge on any atom is -0.339 e. The average molecular weight is 420 g/mol. The maximum absolute atomic E-state index is 13.4. The fraction of sp³-hybridized carbons (Fsp3) is 0.292. The number of rotatable bonds is 6. The second kappa shape index (κ2) is 9.55. The SMILES string of the molecule is O=C(CCCc1ccccc1)N1CCN(C(=O)c2ccn(-c3cccc(F)c3)n2)CC1. The first-order chi connectivity index (χ1) is 15.1. The number of aryl methyl sites for hydroxylation is 1. The van der Waals surface area contributed by atoms with Crippen LogP contribution in [0.3, 0.4) is 0 Å². The molecule has 1 fully saturated rings. The molecule has 0 N–H and O–H groups in total. The molecule has 0 radical (unpaired) electrons. The molecular weight excluding hydrogens is 395 g/mol. The molecule has 31 heavy (non-hydrogen) atoms. The molecule has 2 heterocycles. The van der Waals surface area contributed by atoms with Gasteiger partial charge in [-0.3, -0.25) is 9.59 Å². The van der Waals surface area contributed by atoms with Gasteiger partial charge in [0.1, 0.15) is 5.82 Å². The average Bonchev–Trinajstić information content (AvgIpc) is 3.30. The predicted molar refractivity (Wildman–Crippen MR) is 115 cm³/mol. The van der Waals surface area contributed by atoms with Gasteiger partial charge in [-0.05, 0) is 42.7 Å². The summed E-state index contributed by atoms with van der Waals surface area (Å²) in [6.07, 6.45) is 3.87. The lowest BCUT2D eigenvalue weighted by atomic mass is 10.1. The van der Waals surface area contributed by atoms with Crippen molar-refractivity contribution < 1.29 is 14.0 Å². The molecule has 0 atom stereocenters. The summed E-state index contributed by atoms with van der Waals surface area (Å²) in [5.41, 5.74) is 2.11. The highest BCUT2D eigenvalue weighted by atomic mass is 19.1. The molecule has 0 unspecified atom stereocenters. The van der Waals surface area contributed by atoms with E-state index in [0.29, 0.717) is 44.0 Å². The molecule has 0 spiro atoms. The number of piperazine rings is 1. The number of hydrogen-bond acceptors (Lipinski definition) is 3. The van der Waals surface area contributed by atoms with E-state index in [-0.39, 0.29) is 17.6 Å². The van der Waals surface area contributed by atoms with Crippen LogP contribution in [0, 0.1) is 5.82 Å². The topological polar surface area (TPSA) is 58.4 Å². The molecule has 6 nitrogen and oxygen atoms in total. The lowest BCUT2D eigenvalue weighted by Gasteiger charge is -2.34. The van der Waals surface area contributed by atoms with Crippen LogP contribution in [0.4, 0.5) is 4.39 Å². The molecular formula is C24H25FN4O2. The number of halogens is 1. The van der Waals surface area contributed by atoms with Crippen molar-refractivity contribution in [3.63, 3.8) is 0 Å². The lowest BCUT2D eigenvalue weighted by Crippen LogP contribution is -2.50. The summed E-state index contributed by atoms with van der Waals surface area (Å²) in [6.45, 7) is 2.02. The minimum atomic E-state index is -0.356. The van der Waals surface area contributed by atoms with E-state index in [4.69, 9.17) is 0 Å². The zero-order valence-electron chi connectivity index (χ0n) is 17.3. The summed E-state index contributed by atoms with van der Waals surface area (Å²) in [5.74, 6) is -0.393. The van der Waals surface area contributed by atoms with Gasteiger partial charge < -0.3 is 9.80 Å². The fourth-order valence-corrected chi connectivity index (χ4v) is 3.77. The first-order valence-electron chi connectivity index (χ1n) is 10.5. The van der Waals surface area contributed by atoms with E-state index < -0.39 is 0 Å². The van der Waals surface area contributed by atoms with Crippen molar-refractivity contribution >= 4 is 11.8 Å². The predicted octanol–water partition coefficient (Wildman–Crippen LogP) is 3.32. The zero-order chi connectivity index (χ0) is 21.6. The van der Waals surface area contributed by atoms with Crippen LogP contribution in [0.25, 0.3) is 5.69 Å². The number of nitrogens with zero attached hydrogens (tertiary/aromatic N) is 4. The van der Waals surface area contributed by atoms with E-state index in [1.807, 2.05) is 23.1 Å². The Labute approximate surface area is 180 Å². The molecule has 2 amide bonds. The smallest absolute Gasteiger partial charge is 0.274 e. The van der Waals surface area contributed by atoms with Crippen LogP contribution in [-0.4, -0.2) is 57.6 Å². The third-order valence-corrected chi connectivity index (χ3v) is 5.50. The number of benzene rings is 2. The largest absolute Gasteiger partial charge is 0.339 e. The molecule has 7 heteroatoms. The molecule has 4 rings (SSSR count). The molecule has 1 aliphatic rings. The van der Waals surface area contributed by atoms with Crippen molar-refractivity contribution in [2.75, 3.05) is 26.2 Å². The third kappa shape index (κ3) is 5.17. The summed E-state index contributed by atoms with van der Waals surface area (Å²) in [4.78, 5) is 28.8. The molecule has 160 valence electrons. The van der Waals surface area contributed by atoms with Crippen molar-refractivity contribution in [3.8, 4) is 5.69 Å². The molecule has 1 saturated heterocycles. The second-order valence-corrected chi connectivity index (χ2v) is 7.64. The Morgan fingerprint density at radius 2 is 1.65 bits per heavy atom. The molecule has 1 aromatic heterocycles. The number of carbonyl (C=O) groups excluding carboxylic acids is 2. The van der Waals surface area contributed by atoms with Crippen LogP contribution in [0.5, 0.6) is 0 Å². The first kappa shape index (κ1) is 20.8. The second-order valence-electron chi connectivity index (χ2n) is 7.64. The van der Waals surface area contributed by atoms with Gasteiger partial charge in [0.2, 0.25) is 5.91 Å². The van der Waals surface area contributed by atoms with E-state index in [1.54, 1.807) is 29.3 Å². The van der Waals surface area contributed by atoms with E-state index in [2.05, 4.69) is 17.2 Å². The quantitative estimate of drug-likeness (QED) is 0.615. The number of amides is 2. The Balaban J connectivity index is 1.26. The van der Waals surface area contributed by atoms with Crippen LogP contribution < -0.4 is 0 Å². The van der Waals surface area contributed by atoms with E-state index in [1.165, 1.54) is 22.4 Å². The molecule has 1 aliphatic heterocycles. The van der Waals surface area contributed by atoms with Crippen LogP contribution in [0.1, 0.15) is 28.9 Å². The zero-order valence-corrected chi connectivity index (χ0v) is 17.3. The number of aromatic nitrogens is 2. The van der Waals surface area contributed by atoms with Crippen molar-refractivity contribution in [3.05, 3.63) is 83.9 Å². The van der Waals surface area contributed by atoms with Crippen LogP contribution in [0.15, 0.2) is 66.9 Å². The Hall–Kier alpha value is -3.48. The fourth-order valence-electron chi connectivity index (χ4n) is 3.77. The van der Waals surface area contributed by atoms with Crippen LogP contribution in [0.2, 0.25) is 0 Å². The summed E-state index contributed by atoms with van der Waals surface area (Å²) in [6, 6.07) is 17.8. The van der Waals surface area contributed by atoms with Crippen molar-refractivity contribution in [1.82, 2.24) is 19.6 Å². The van der Waals surface area contributed by atoms with Crippen molar-refractivity contribution in [2.24, 2.45) is 0 Å². The molecule has 0 aliphatic carbocycles. The Bertz CT molecular complexity index is 1040. The molecule has 2 aromatic carbocycles. The summed E-state index contributed by atoms with van der Waals surface area (Å²) in [7, 11) is 0. The highest BCUT2D eigenvalue weighted by molar-refractivity contribution is 5.92. The monoisotopic (exact) mass is 420 g/mol. The van der Waals surface area contributed by atoms with Crippen LogP contribution in [-0.2, 0) is 11.2 Å². The lowest BCUT2D eigenvalue weighted by molar-refractivity contribution is -0.132. The minimum absolute atomic E-state index is 0.137. The van der Waals surface area contributed by atoms with Gasteiger partial charge in [-0.2, -0.15) is 5.10 Å². The normalized spacial score (nSPS) is 14.0. The summed E-state index contributed by atoms with van der Waals surface area (Å²) >= 11 is 0. The van der Waals surface area contributed by atoms with Gasteiger partial charge in [-0.25, -0.2) is 9.07 Å². The molecule has 0 saturated carbocycles. The van der Waals surface area contributed by atoms with E-state index >= 15 is 0 Å². The van der Waals surface area contributed by atoms with E-state index in [0.717, 1.165) is 12.8 Å². The van der Waals surface area contributed by atoms with Gasteiger partial charge >= 0.3 is 0 Å². The maximum atomic E-state index is 13.4. The van der Waals surface area contributed by atoms with Gasteiger partial charge in [-0.15, -0.1) is 0 Å². The van der Waals surface area contributed by atoms with Crippen LogP contribution >= 0.6 is 0 Å². The van der Waals surface area contributed by atoms with Gasteiger partial charge in [0.25, 0.3) is 5.91 Å². The Morgan fingerprint density at radius 3 is 2.39 bits per heavy atom. The highest BCUT2D eigenvalue weighted by Crippen LogP contribution is 2.13. The molecule has 3 aromatic rings. The Kier molecular flexibility index (Phi) is 6.40. The number of hydrogen-bond donors (Lipinski definition) is 0. The van der Waals surface area contributed by atoms with Crippen molar-refractivity contribution in [2.45, 2.75) is 19.3 Å². The first-order valence-corrected chi connectivity index (χ1v) is 10.5. The summed E-state index contributed by atoms with van der Waals surface area (Å²) in [5, 5.41) is 4.30. The third-order valence-electron chi connectivity index (χ3n) is 5.50. The van der Waals surface area contributed by atoms with Gasteiger partial charge in [0.05, 0.1) is 5.69 Å². The Morgan fingerprint density at radius 1 is 0.903 bits per heavy atom. The van der Waals surface area contributed by atoms with Gasteiger partial charge in [0, 0.05) is 38.8 Å². The molecule has 0 bridgehead atoms. The number of carbonyl (C=O) groups is 2. The summed E-state index contributed by atoms with van der Waals surface area (Å²) < 4.78 is 14.9.